The minimum absolute atomic E-state index is 0.0204. The van der Waals surface area contributed by atoms with E-state index in [1.54, 1.807) is 0 Å². The van der Waals surface area contributed by atoms with Crippen LogP contribution in [-0.2, 0) is 10.0 Å². The first-order chi connectivity index (χ1) is 12.2. The molecule has 1 N–H and O–H groups in total. The van der Waals surface area contributed by atoms with E-state index in [4.69, 9.17) is 39.5 Å². The van der Waals surface area contributed by atoms with Gasteiger partial charge in [-0.3, -0.25) is 10.1 Å². The number of non-ortho nitro benzene ring substituents is 1. The Kier molecular flexibility index (Phi) is 7.01. The van der Waals surface area contributed by atoms with Crippen LogP contribution >= 0.6 is 34.8 Å². The highest BCUT2D eigenvalue weighted by atomic mass is 35.5. The van der Waals surface area contributed by atoms with Gasteiger partial charge in [-0.1, -0.05) is 34.8 Å². The molecule has 2 rings (SSSR count). The summed E-state index contributed by atoms with van der Waals surface area (Å²) in [4.78, 5) is 13.6. The monoisotopic (exact) mass is 439 g/mol. The second-order valence-electron chi connectivity index (χ2n) is 4.91. The number of nitro groups is 1. The lowest BCUT2D eigenvalue weighted by molar-refractivity contribution is -0.385. The number of aromatic nitrogens is 1. The van der Waals surface area contributed by atoms with Gasteiger partial charge in [0.2, 0.25) is 15.9 Å². The van der Waals surface area contributed by atoms with E-state index in [2.05, 4.69) is 9.71 Å². The zero-order chi connectivity index (χ0) is 19.3. The normalized spacial score (nSPS) is 11.3. The number of hydrogen-bond donors (Lipinski definition) is 1. The van der Waals surface area contributed by atoms with Crippen LogP contribution in [-0.4, -0.2) is 31.5 Å². The Hall–Kier alpha value is -1.65. The molecule has 1 aromatic carbocycles. The van der Waals surface area contributed by atoms with Gasteiger partial charge in [-0.2, -0.15) is 0 Å². The lowest BCUT2D eigenvalue weighted by Crippen LogP contribution is -2.26. The molecule has 0 atom stereocenters. The Bertz CT molecular complexity index is 924. The predicted molar refractivity (Wildman–Crippen MR) is 97.7 cm³/mol. The molecule has 0 saturated heterocycles. The van der Waals surface area contributed by atoms with Gasteiger partial charge in [-0.15, -0.1) is 0 Å². The Morgan fingerprint density at radius 3 is 2.58 bits per heavy atom. The first-order valence-electron chi connectivity index (χ1n) is 7.08. The molecule has 140 valence electrons. The lowest BCUT2D eigenvalue weighted by Gasteiger charge is -2.09. The van der Waals surface area contributed by atoms with Gasteiger partial charge in [0.05, 0.1) is 21.6 Å². The van der Waals surface area contributed by atoms with Crippen molar-refractivity contribution in [2.75, 3.05) is 13.2 Å². The summed E-state index contributed by atoms with van der Waals surface area (Å²) in [5, 5.41) is 11.3. The molecule has 0 aliphatic rings. The van der Waals surface area contributed by atoms with Crippen molar-refractivity contribution in [1.29, 1.82) is 0 Å². The summed E-state index contributed by atoms with van der Waals surface area (Å²) in [7, 11) is -4.01. The molecular formula is C14H12Cl3N3O5S. The van der Waals surface area contributed by atoms with Crippen molar-refractivity contribution in [1.82, 2.24) is 9.71 Å². The molecule has 0 fully saturated rings. The molecule has 0 bridgehead atoms. The van der Waals surface area contributed by atoms with E-state index in [0.717, 1.165) is 18.2 Å². The van der Waals surface area contributed by atoms with Crippen molar-refractivity contribution in [3.05, 3.63) is 55.6 Å². The van der Waals surface area contributed by atoms with Crippen LogP contribution in [0.2, 0.25) is 15.1 Å². The average Bonchev–Trinajstić information content (AvgIpc) is 2.56. The Labute approximate surface area is 164 Å². The van der Waals surface area contributed by atoms with E-state index in [9.17, 15) is 18.5 Å². The highest BCUT2D eigenvalue weighted by molar-refractivity contribution is 7.89. The largest absolute Gasteiger partial charge is 0.477 e. The van der Waals surface area contributed by atoms with Crippen LogP contribution in [0.15, 0.2) is 35.4 Å². The molecule has 0 spiro atoms. The van der Waals surface area contributed by atoms with Gasteiger partial charge >= 0.3 is 0 Å². The molecule has 0 unspecified atom stereocenters. The van der Waals surface area contributed by atoms with E-state index < -0.39 is 14.9 Å². The maximum atomic E-state index is 12.2. The van der Waals surface area contributed by atoms with Crippen LogP contribution in [0.3, 0.4) is 0 Å². The Morgan fingerprint density at radius 1 is 1.19 bits per heavy atom. The van der Waals surface area contributed by atoms with Crippen LogP contribution in [0.1, 0.15) is 6.42 Å². The smallest absolute Gasteiger partial charge is 0.270 e. The number of nitrogens with one attached hydrogen (secondary N) is 1. The van der Waals surface area contributed by atoms with Gasteiger partial charge in [0.25, 0.3) is 5.69 Å². The van der Waals surface area contributed by atoms with Crippen LogP contribution in [0.4, 0.5) is 5.69 Å². The third kappa shape index (κ3) is 5.42. The number of ether oxygens (including phenoxy) is 1. The maximum absolute atomic E-state index is 12.2. The average molecular weight is 441 g/mol. The highest BCUT2D eigenvalue weighted by Gasteiger charge is 2.21. The molecule has 12 heteroatoms. The second kappa shape index (κ2) is 8.83. The Balaban J connectivity index is 1.92. The molecule has 0 radical (unpaired) electrons. The van der Waals surface area contributed by atoms with E-state index in [1.807, 2.05) is 0 Å². The molecule has 0 aliphatic heterocycles. The summed E-state index contributed by atoms with van der Waals surface area (Å²) < 4.78 is 32.1. The summed E-state index contributed by atoms with van der Waals surface area (Å²) in [6.07, 6.45) is 1.67. The maximum Gasteiger partial charge on any atom is 0.270 e. The number of sulfonamides is 1. The summed E-state index contributed by atoms with van der Waals surface area (Å²) in [6, 6.07) is 4.65. The van der Waals surface area contributed by atoms with Crippen molar-refractivity contribution in [3.8, 4) is 5.88 Å². The molecule has 1 heterocycles. The first kappa shape index (κ1) is 20.7. The summed E-state index contributed by atoms with van der Waals surface area (Å²) in [6.45, 7) is 0.159. The minimum Gasteiger partial charge on any atom is -0.477 e. The number of rotatable bonds is 8. The zero-order valence-corrected chi connectivity index (χ0v) is 16.1. The third-order valence-corrected chi connectivity index (χ3v) is 5.46. The molecule has 1 aromatic heterocycles. The van der Waals surface area contributed by atoms with Gasteiger partial charge in [0.1, 0.15) is 9.92 Å². The fourth-order valence-electron chi connectivity index (χ4n) is 1.85. The Morgan fingerprint density at radius 2 is 1.92 bits per heavy atom. The predicted octanol–water partition coefficient (Wildman–Crippen LogP) is 3.70. The zero-order valence-electron chi connectivity index (χ0n) is 13.0. The fraction of sp³-hybridized carbons (Fsp3) is 0.214. The van der Waals surface area contributed by atoms with Crippen LogP contribution in [0.25, 0.3) is 0 Å². The van der Waals surface area contributed by atoms with Gasteiger partial charge in [-0.25, -0.2) is 18.1 Å². The van der Waals surface area contributed by atoms with Gasteiger partial charge < -0.3 is 4.74 Å². The third-order valence-electron chi connectivity index (χ3n) is 3.04. The summed E-state index contributed by atoms with van der Waals surface area (Å²) in [5.41, 5.74) is -0.374. The molecule has 26 heavy (non-hydrogen) atoms. The van der Waals surface area contributed by atoms with Crippen molar-refractivity contribution in [2.45, 2.75) is 11.3 Å². The number of halogens is 3. The lowest BCUT2D eigenvalue weighted by atomic mass is 10.3. The van der Waals surface area contributed by atoms with Crippen LogP contribution < -0.4 is 9.46 Å². The van der Waals surface area contributed by atoms with Crippen molar-refractivity contribution < 1.29 is 18.1 Å². The summed E-state index contributed by atoms with van der Waals surface area (Å²) >= 11 is 17.5. The first-order valence-corrected chi connectivity index (χ1v) is 9.70. The van der Waals surface area contributed by atoms with Gasteiger partial charge in [-0.05, 0) is 18.6 Å². The molecule has 0 aliphatic carbocycles. The van der Waals surface area contributed by atoms with Crippen LogP contribution in [0.5, 0.6) is 5.88 Å². The SMILES string of the molecule is O=[N+]([O-])c1ccc(Cl)c(S(=O)(=O)NCCCOc2ncc(Cl)cc2Cl)c1. The van der Waals surface area contributed by atoms with E-state index in [1.165, 1.54) is 12.3 Å². The standard InChI is InChI=1S/C14H12Cl3N3O5S/c15-9-6-12(17)14(18-8-9)25-5-1-4-19-26(23,24)13-7-10(20(21)22)2-3-11(13)16/h2-3,6-8,19H,1,4-5H2. The molecule has 0 amide bonds. The van der Waals surface area contributed by atoms with Crippen LogP contribution in [0, 0.1) is 10.1 Å². The van der Waals surface area contributed by atoms with Gasteiger partial charge in [0.15, 0.2) is 0 Å². The van der Waals surface area contributed by atoms with E-state index in [-0.39, 0.29) is 39.7 Å². The minimum atomic E-state index is -4.01. The molecule has 0 saturated carbocycles. The quantitative estimate of drug-likeness (QED) is 0.380. The number of benzene rings is 1. The number of nitrogens with zero attached hydrogens (tertiary/aromatic N) is 2. The molecule has 8 nitrogen and oxygen atoms in total. The van der Waals surface area contributed by atoms with E-state index >= 15 is 0 Å². The second-order valence-corrected chi connectivity index (χ2v) is 7.90. The van der Waals surface area contributed by atoms with Crippen molar-refractivity contribution >= 4 is 50.5 Å². The topological polar surface area (TPSA) is 111 Å². The number of pyridine rings is 1. The van der Waals surface area contributed by atoms with Crippen molar-refractivity contribution in [3.63, 3.8) is 0 Å². The number of hydrogen-bond acceptors (Lipinski definition) is 6. The van der Waals surface area contributed by atoms with Gasteiger partial charge in [0, 0.05) is 24.9 Å². The fourth-order valence-corrected chi connectivity index (χ4v) is 3.87. The van der Waals surface area contributed by atoms with E-state index in [0.29, 0.717) is 11.4 Å². The highest BCUT2D eigenvalue weighted by Crippen LogP contribution is 2.26. The summed E-state index contributed by atoms with van der Waals surface area (Å²) in [5.74, 6) is 0.181. The number of nitro benzene ring substituents is 1. The molecular weight excluding hydrogens is 429 g/mol. The van der Waals surface area contributed by atoms with Crippen molar-refractivity contribution in [2.24, 2.45) is 0 Å². The molecule has 2 aromatic rings.